The number of ether oxygens (including phenoxy) is 1. The predicted octanol–water partition coefficient (Wildman–Crippen LogP) is 3.51. The number of nitrogens with zero attached hydrogens (tertiary/aromatic N) is 1. The molecule has 0 unspecified atom stereocenters. The van der Waals surface area contributed by atoms with Crippen molar-refractivity contribution in [3.8, 4) is 5.75 Å². The molecule has 0 bridgehead atoms. The fourth-order valence-electron chi connectivity index (χ4n) is 2.47. The zero-order valence-corrected chi connectivity index (χ0v) is 15.1. The minimum absolute atomic E-state index is 0.197. The van der Waals surface area contributed by atoms with Gasteiger partial charge in [0, 0.05) is 11.3 Å². The lowest BCUT2D eigenvalue weighted by Gasteiger charge is -2.12. The van der Waals surface area contributed by atoms with Crippen molar-refractivity contribution < 1.29 is 23.5 Å². The summed E-state index contributed by atoms with van der Waals surface area (Å²) in [6, 6.07) is 12.4. The number of para-hydroxylation sites is 1. The van der Waals surface area contributed by atoms with Crippen LogP contribution in [0, 0.1) is 5.82 Å². The third-order valence-corrected chi connectivity index (χ3v) is 4.62. The van der Waals surface area contributed by atoms with Crippen LogP contribution in [-0.2, 0) is 9.59 Å². The number of carbonyl (C=O) groups excluding carboxylic acids is 3. The molecule has 6 nitrogen and oxygen atoms in total. The Kier molecular flexibility index (Phi) is 5.56. The molecule has 0 aliphatic carbocycles. The van der Waals surface area contributed by atoms with E-state index >= 15 is 0 Å². The van der Waals surface area contributed by atoms with Gasteiger partial charge in [-0.05, 0) is 42.1 Å². The van der Waals surface area contributed by atoms with Gasteiger partial charge in [-0.3, -0.25) is 19.3 Å². The zero-order chi connectivity index (χ0) is 19.4. The van der Waals surface area contributed by atoms with E-state index in [0.29, 0.717) is 11.3 Å². The highest BCUT2D eigenvalue weighted by Gasteiger charge is 2.36. The third kappa shape index (κ3) is 4.35. The number of hydrogen-bond donors (Lipinski definition) is 1. The lowest BCUT2D eigenvalue weighted by atomic mass is 10.2. The Morgan fingerprint density at radius 3 is 2.74 bits per heavy atom. The molecular formula is C19H15FN2O4S. The first-order chi connectivity index (χ1) is 13.0. The van der Waals surface area contributed by atoms with Crippen LogP contribution in [0.15, 0.2) is 53.4 Å². The van der Waals surface area contributed by atoms with Crippen LogP contribution in [0.4, 0.5) is 14.9 Å². The maximum atomic E-state index is 13.2. The van der Waals surface area contributed by atoms with Gasteiger partial charge in [-0.15, -0.1) is 0 Å². The fourth-order valence-corrected chi connectivity index (χ4v) is 3.30. The van der Waals surface area contributed by atoms with Crippen LogP contribution in [0.5, 0.6) is 5.75 Å². The highest BCUT2D eigenvalue weighted by atomic mass is 32.2. The number of methoxy groups -OCH3 is 1. The van der Waals surface area contributed by atoms with E-state index in [1.165, 1.54) is 25.3 Å². The van der Waals surface area contributed by atoms with E-state index in [4.69, 9.17) is 4.74 Å². The highest BCUT2D eigenvalue weighted by molar-refractivity contribution is 8.18. The molecule has 3 amide bonds. The summed E-state index contributed by atoms with van der Waals surface area (Å²) in [7, 11) is 1.51. The van der Waals surface area contributed by atoms with Gasteiger partial charge in [0.05, 0.1) is 12.0 Å². The molecule has 1 fully saturated rings. The van der Waals surface area contributed by atoms with Crippen LogP contribution < -0.4 is 10.1 Å². The summed E-state index contributed by atoms with van der Waals surface area (Å²) in [5, 5.41) is 1.91. The minimum Gasteiger partial charge on any atom is -0.496 e. The molecule has 0 aromatic heterocycles. The van der Waals surface area contributed by atoms with E-state index in [1.807, 2.05) is 0 Å². The molecule has 1 N–H and O–H groups in total. The molecule has 27 heavy (non-hydrogen) atoms. The van der Waals surface area contributed by atoms with Crippen molar-refractivity contribution in [2.24, 2.45) is 0 Å². The Hall–Kier alpha value is -3.13. The van der Waals surface area contributed by atoms with Gasteiger partial charge in [-0.1, -0.05) is 24.3 Å². The van der Waals surface area contributed by atoms with Crippen molar-refractivity contribution in [1.82, 2.24) is 4.90 Å². The summed E-state index contributed by atoms with van der Waals surface area (Å²) in [5.74, 6) is -1.10. The topological polar surface area (TPSA) is 75.7 Å². The molecule has 0 radical (unpaired) electrons. The van der Waals surface area contributed by atoms with Crippen molar-refractivity contribution in [1.29, 1.82) is 0 Å². The quantitative estimate of drug-likeness (QED) is 0.796. The van der Waals surface area contributed by atoms with Gasteiger partial charge in [-0.2, -0.15) is 0 Å². The van der Waals surface area contributed by atoms with Crippen molar-refractivity contribution in [3.05, 3.63) is 64.8 Å². The Balaban J connectivity index is 1.72. The maximum absolute atomic E-state index is 13.2. The van der Waals surface area contributed by atoms with Crippen LogP contribution in [0.1, 0.15) is 5.56 Å². The standard InChI is InChI=1S/C19H15FN2O4S/c1-26-15-8-3-2-5-12(15)9-16-18(24)22(19(25)27-16)11-17(23)21-14-7-4-6-13(20)10-14/h2-10H,11H2,1H3,(H,21,23)/b16-9+. The lowest BCUT2D eigenvalue weighted by Crippen LogP contribution is -2.36. The maximum Gasteiger partial charge on any atom is 0.294 e. The average Bonchev–Trinajstić information content (AvgIpc) is 2.89. The van der Waals surface area contributed by atoms with Crippen molar-refractivity contribution in [2.75, 3.05) is 19.0 Å². The van der Waals surface area contributed by atoms with E-state index in [-0.39, 0.29) is 10.6 Å². The molecule has 2 aromatic rings. The van der Waals surface area contributed by atoms with E-state index in [9.17, 15) is 18.8 Å². The highest BCUT2D eigenvalue weighted by Crippen LogP contribution is 2.33. The van der Waals surface area contributed by atoms with Crippen LogP contribution in [0.2, 0.25) is 0 Å². The number of amides is 3. The summed E-state index contributed by atoms with van der Waals surface area (Å²) in [6.07, 6.45) is 1.55. The number of benzene rings is 2. The molecule has 0 saturated carbocycles. The Labute approximate surface area is 159 Å². The largest absolute Gasteiger partial charge is 0.496 e. The second-order valence-corrected chi connectivity index (χ2v) is 6.56. The van der Waals surface area contributed by atoms with Crippen LogP contribution in [0.25, 0.3) is 6.08 Å². The number of thioether (sulfide) groups is 1. The van der Waals surface area contributed by atoms with Gasteiger partial charge < -0.3 is 10.1 Å². The molecule has 0 atom stereocenters. The van der Waals surface area contributed by atoms with Gasteiger partial charge in [0.2, 0.25) is 5.91 Å². The third-order valence-electron chi connectivity index (χ3n) is 3.71. The number of imide groups is 1. The minimum atomic E-state index is -0.596. The summed E-state index contributed by atoms with van der Waals surface area (Å²) < 4.78 is 18.4. The molecule has 138 valence electrons. The first kappa shape index (κ1) is 18.7. The first-order valence-corrected chi connectivity index (χ1v) is 8.73. The SMILES string of the molecule is COc1ccccc1/C=C1/SC(=O)N(CC(=O)Nc2cccc(F)c2)C1=O. The van der Waals surface area contributed by atoms with Crippen molar-refractivity contribution in [2.45, 2.75) is 0 Å². The van der Waals surface area contributed by atoms with Crippen LogP contribution >= 0.6 is 11.8 Å². The number of anilines is 1. The fraction of sp³-hybridized carbons (Fsp3) is 0.105. The van der Waals surface area contributed by atoms with E-state index in [0.717, 1.165) is 22.7 Å². The Bertz CT molecular complexity index is 945. The number of nitrogens with one attached hydrogen (secondary N) is 1. The number of rotatable bonds is 5. The lowest BCUT2D eigenvalue weighted by molar-refractivity contribution is -0.127. The van der Waals surface area contributed by atoms with Gasteiger partial charge >= 0.3 is 0 Å². The second kappa shape index (κ2) is 8.05. The molecular weight excluding hydrogens is 371 g/mol. The van der Waals surface area contributed by atoms with Gasteiger partial charge in [0.1, 0.15) is 18.1 Å². The molecule has 8 heteroatoms. The molecule has 1 saturated heterocycles. The number of hydrogen-bond acceptors (Lipinski definition) is 5. The smallest absolute Gasteiger partial charge is 0.294 e. The van der Waals surface area contributed by atoms with Crippen molar-refractivity contribution in [3.63, 3.8) is 0 Å². The van der Waals surface area contributed by atoms with Crippen LogP contribution in [-0.4, -0.2) is 35.6 Å². The average molecular weight is 386 g/mol. The number of carbonyl (C=O) groups is 3. The molecule has 3 rings (SSSR count). The molecule has 1 heterocycles. The van der Waals surface area contributed by atoms with Crippen molar-refractivity contribution >= 4 is 40.6 Å². The molecule has 0 spiro atoms. The zero-order valence-electron chi connectivity index (χ0n) is 14.3. The van der Waals surface area contributed by atoms with E-state index in [2.05, 4.69) is 5.32 Å². The molecule has 2 aromatic carbocycles. The summed E-state index contributed by atoms with van der Waals surface area (Å²) in [5.41, 5.74) is 0.895. The molecule has 1 aliphatic rings. The Morgan fingerprint density at radius 1 is 1.22 bits per heavy atom. The summed E-state index contributed by atoms with van der Waals surface area (Å²) in [6.45, 7) is -0.454. The van der Waals surface area contributed by atoms with Crippen LogP contribution in [0.3, 0.4) is 0 Å². The van der Waals surface area contributed by atoms with Gasteiger partial charge in [0.15, 0.2) is 0 Å². The summed E-state index contributed by atoms with van der Waals surface area (Å²) in [4.78, 5) is 37.8. The molecule has 1 aliphatic heterocycles. The first-order valence-electron chi connectivity index (χ1n) is 7.92. The Morgan fingerprint density at radius 2 is 2.00 bits per heavy atom. The monoisotopic (exact) mass is 386 g/mol. The summed E-state index contributed by atoms with van der Waals surface area (Å²) >= 11 is 0.750. The predicted molar refractivity (Wildman–Crippen MR) is 101 cm³/mol. The van der Waals surface area contributed by atoms with E-state index in [1.54, 1.807) is 30.3 Å². The number of halogens is 1. The van der Waals surface area contributed by atoms with Gasteiger partial charge in [0.25, 0.3) is 11.1 Å². The normalized spacial score (nSPS) is 15.3. The van der Waals surface area contributed by atoms with Gasteiger partial charge in [-0.25, -0.2) is 4.39 Å². The second-order valence-electron chi connectivity index (χ2n) is 5.57. The van der Waals surface area contributed by atoms with E-state index < -0.39 is 29.4 Å².